The van der Waals surface area contributed by atoms with Crippen LogP contribution in [0.2, 0.25) is 0 Å². The number of ether oxygens (including phenoxy) is 1. The summed E-state index contributed by atoms with van der Waals surface area (Å²) in [4.78, 5) is 14.0. The van der Waals surface area contributed by atoms with Gasteiger partial charge in [-0.1, -0.05) is 0 Å². The summed E-state index contributed by atoms with van der Waals surface area (Å²) < 4.78 is 5.63. The summed E-state index contributed by atoms with van der Waals surface area (Å²) in [7, 11) is -1.18. The van der Waals surface area contributed by atoms with Crippen LogP contribution in [0.5, 0.6) is 0 Å². The van der Waals surface area contributed by atoms with Crippen LogP contribution < -0.4 is 5.32 Å². The summed E-state index contributed by atoms with van der Waals surface area (Å²) in [5.41, 5.74) is 0. The second-order valence-corrected chi connectivity index (χ2v) is 12.8. The van der Waals surface area contributed by atoms with Gasteiger partial charge >= 0.3 is 135 Å². The molecule has 5 heteroatoms. The van der Waals surface area contributed by atoms with Gasteiger partial charge in [0.05, 0.1) is 0 Å². The average Bonchev–Trinajstić information content (AvgIpc) is 2.55. The van der Waals surface area contributed by atoms with Crippen molar-refractivity contribution in [2.75, 3.05) is 57.4 Å². The number of amides is 1. The topological polar surface area (TPSA) is 41.6 Å². The zero-order valence-corrected chi connectivity index (χ0v) is 15.1. The van der Waals surface area contributed by atoms with Gasteiger partial charge in [-0.15, -0.1) is 0 Å². The number of piperazine rings is 1. The van der Waals surface area contributed by atoms with Crippen LogP contribution in [0.4, 0.5) is 4.79 Å². The predicted molar refractivity (Wildman–Crippen MR) is 94.7 cm³/mol. The molecule has 1 saturated carbocycles. The van der Waals surface area contributed by atoms with Crippen LogP contribution in [0.15, 0.2) is 0 Å². The Bertz CT molecular complexity index is 373. The van der Waals surface area contributed by atoms with Gasteiger partial charge in [-0.05, 0) is 0 Å². The fourth-order valence-corrected chi connectivity index (χ4v) is 10.3. The number of nitrogens with zero attached hydrogens (tertiary/aromatic N) is 1. The van der Waals surface area contributed by atoms with Gasteiger partial charge in [-0.2, -0.15) is 0 Å². The van der Waals surface area contributed by atoms with Crippen molar-refractivity contribution in [2.24, 2.45) is 11.8 Å². The van der Waals surface area contributed by atoms with Crippen molar-refractivity contribution in [3.63, 3.8) is 0 Å². The van der Waals surface area contributed by atoms with Crippen LogP contribution in [0, 0.1) is 11.8 Å². The second kappa shape index (κ2) is 7.49. The maximum absolute atomic E-state index is 12.1. The number of hydrogen-bond donors (Lipinski definition) is 1. The Morgan fingerprint density at radius 3 is 2.55 bits per heavy atom. The molecule has 2 saturated heterocycles. The van der Waals surface area contributed by atoms with E-state index < -0.39 is 7.26 Å². The standard InChI is InChI=1S/C17H33N2O2P/c1-2-22(13-15-4-3-5-16(12-15)14-22)11-10-21-17(20)19-8-6-18-7-9-19/h15-16,18,22H,2-14H2,1H3. The third kappa shape index (κ3) is 3.94. The van der Waals surface area contributed by atoms with Gasteiger partial charge in [0.1, 0.15) is 0 Å². The molecule has 3 rings (SSSR count). The first-order chi connectivity index (χ1) is 10.7. The number of hydrogen-bond acceptors (Lipinski definition) is 3. The zero-order chi connectivity index (χ0) is 15.4. The van der Waals surface area contributed by atoms with Crippen LogP contribution in [-0.2, 0) is 4.74 Å². The van der Waals surface area contributed by atoms with Gasteiger partial charge in [0, 0.05) is 0 Å². The van der Waals surface area contributed by atoms with E-state index in [4.69, 9.17) is 4.74 Å². The van der Waals surface area contributed by atoms with Crippen LogP contribution in [-0.4, -0.2) is 68.4 Å². The van der Waals surface area contributed by atoms with E-state index in [0.717, 1.165) is 38.0 Å². The average molecular weight is 328 g/mol. The van der Waals surface area contributed by atoms with E-state index >= 15 is 0 Å². The molecule has 2 heterocycles. The van der Waals surface area contributed by atoms with E-state index in [-0.39, 0.29) is 6.09 Å². The third-order valence-corrected chi connectivity index (χ3v) is 12.0. The van der Waals surface area contributed by atoms with Crippen LogP contribution in [0.1, 0.15) is 32.6 Å². The summed E-state index contributed by atoms with van der Waals surface area (Å²) >= 11 is 0. The van der Waals surface area contributed by atoms with E-state index in [2.05, 4.69) is 12.2 Å². The molecule has 2 bridgehead atoms. The molecule has 0 aromatic rings. The normalized spacial score (nSPS) is 32.3. The molecule has 0 radical (unpaired) electrons. The molecule has 3 aliphatic rings. The first-order valence-electron chi connectivity index (χ1n) is 9.33. The van der Waals surface area contributed by atoms with Crippen molar-refractivity contribution in [3.8, 4) is 0 Å². The van der Waals surface area contributed by atoms with E-state index in [1.165, 1.54) is 50.3 Å². The fourth-order valence-electron chi connectivity index (χ4n) is 5.04. The molecule has 0 aromatic heterocycles. The Kier molecular flexibility index (Phi) is 5.62. The molecule has 2 unspecified atom stereocenters. The molecule has 0 aromatic carbocycles. The quantitative estimate of drug-likeness (QED) is 0.807. The van der Waals surface area contributed by atoms with Crippen molar-refractivity contribution in [3.05, 3.63) is 0 Å². The van der Waals surface area contributed by atoms with Crippen molar-refractivity contribution in [1.82, 2.24) is 10.2 Å². The van der Waals surface area contributed by atoms with Gasteiger partial charge < -0.3 is 0 Å². The van der Waals surface area contributed by atoms with Crippen molar-refractivity contribution < 1.29 is 9.53 Å². The Labute approximate surface area is 135 Å². The molecule has 2 atom stereocenters. The molecule has 22 heavy (non-hydrogen) atoms. The predicted octanol–water partition coefficient (Wildman–Crippen LogP) is 2.62. The molecule has 4 nitrogen and oxygen atoms in total. The van der Waals surface area contributed by atoms with Crippen molar-refractivity contribution in [2.45, 2.75) is 32.6 Å². The van der Waals surface area contributed by atoms with Gasteiger partial charge in [0.25, 0.3) is 0 Å². The SMILES string of the molecule is CC[PH]1(CCOC(=O)N2CCNCC2)CC2CCCC(C2)C1. The minimum absolute atomic E-state index is 0.0854. The fraction of sp³-hybridized carbons (Fsp3) is 0.941. The molecule has 1 amide bonds. The number of carbonyl (C=O) groups is 1. The number of rotatable bonds is 4. The molecule has 128 valence electrons. The molecule has 3 fully saturated rings. The van der Waals surface area contributed by atoms with Crippen LogP contribution in [0.3, 0.4) is 0 Å². The molecular weight excluding hydrogens is 295 g/mol. The molecule has 1 N–H and O–H groups in total. The summed E-state index contributed by atoms with van der Waals surface area (Å²) in [5.74, 6) is 2.01. The van der Waals surface area contributed by atoms with Gasteiger partial charge in [-0.25, -0.2) is 0 Å². The van der Waals surface area contributed by atoms with Gasteiger partial charge in [-0.3, -0.25) is 0 Å². The first kappa shape index (κ1) is 16.5. The van der Waals surface area contributed by atoms with Gasteiger partial charge in [0.2, 0.25) is 0 Å². The molecule has 0 spiro atoms. The van der Waals surface area contributed by atoms with E-state index in [0.29, 0.717) is 6.61 Å². The van der Waals surface area contributed by atoms with Crippen LogP contribution >= 0.6 is 7.26 Å². The summed E-state index contributed by atoms with van der Waals surface area (Å²) in [6, 6.07) is 0. The Morgan fingerprint density at radius 2 is 1.91 bits per heavy atom. The number of nitrogens with one attached hydrogen (secondary N) is 1. The Balaban J connectivity index is 1.47. The van der Waals surface area contributed by atoms with E-state index in [1.54, 1.807) is 0 Å². The summed E-state index contributed by atoms with van der Waals surface area (Å²) in [5, 5.41) is 3.27. The Morgan fingerprint density at radius 1 is 1.23 bits per heavy atom. The minimum atomic E-state index is -1.18. The first-order valence-corrected chi connectivity index (χ1v) is 12.2. The van der Waals surface area contributed by atoms with Gasteiger partial charge in [0.15, 0.2) is 0 Å². The number of fused-ring (bicyclic) bond motifs is 2. The van der Waals surface area contributed by atoms with Crippen LogP contribution in [0.25, 0.3) is 0 Å². The zero-order valence-electron chi connectivity index (χ0n) is 14.1. The van der Waals surface area contributed by atoms with E-state index in [1.807, 2.05) is 4.90 Å². The second-order valence-electron chi connectivity index (χ2n) is 7.76. The number of carbonyl (C=O) groups excluding carboxylic acids is 1. The van der Waals surface area contributed by atoms with Crippen molar-refractivity contribution >= 4 is 13.4 Å². The summed E-state index contributed by atoms with van der Waals surface area (Å²) in [6.45, 7) is 6.44. The molecular formula is C17H33N2O2P. The monoisotopic (exact) mass is 328 g/mol. The maximum atomic E-state index is 12.1. The molecule has 1 aliphatic carbocycles. The Hall–Kier alpha value is -0.340. The van der Waals surface area contributed by atoms with E-state index in [9.17, 15) is 4.79 Å². The molecule has 2 aliphatic heterocycles. The van der Waals surface area contributed by atoms with Crippen molar-refractivity contribution in [1.29, 1.82) is 0 Å². The third-order valence-electron chi connectivity index (χ3n) is 6.32. The summed E-state index contributed by atoms with van der Waals surface area (Å²) in [6.07, 6.45) is 11.4.